The SMILES string of the molecule is O=C1/C(=C/[C]2[CH][CH][CH][CH]2)Oc2c(F)cc(F)cc21.[CH]1[CH][CH][CH][CH]1.[Fe+2]. The van der Waals surface area contributed by atoms with E-state index < -0.39 is 17.4 Å². The van der Waals surface area contributed by atoms with Crippen molar-refractivity contribution in [2.75, 3.05) is 0 Å². The van der Waals surface area contributed by atoms with Gasteiger partial charge in [0.25, 0.3) is 0 Å². The van der Waals surface area contributed by atoms with Crippen molar-refractivity contribution in [2.24, 2.45) is 0 Å². The molecule has 0 saturated heterocycles. The van der Waals surface area contributed by atoms with E-state index in [-0.39, 0.29) is 34.1 Å². The van der Waals surface area contributed by atoms with Gasteiger partial charge in [0, 0.05) is 12.0 Å². The molecule has 0 atom stereocenters. The molecule has 0 N–H and O–H groups in total. The maximum absolute atomic E-state index is 13.4. The summed E-state index contributed by atoms with van der Waals surface area (Å²) in [6.45, 7) is 0. The fourth-order valence-corrected chi connectivity index (χ4v) is 2.17. The zero-order valence-electron chi connectivity index (χ0n) is 12.4. The number of carbonyl (C=O) groups is 1. The van der Waals surface area contributed by atoms with Gasteiger partial charge in [-0.25, -0.2) is 8.78 Å². The van der Waals surface area contributed by atoms with Crippen molar-refractivity contribution in [3.8, 4) is 5.75 Å². The van der Waals surface area contributed by atoms with Crippen molar-refractivity contribution in [1.82, 2.24) is 0 Å². The van der Waals surface area contributed by atoms with E-state index in [1.165, 1.54) is 6.08 Å². The number of allylic oxidation sites excluding steroid dienone is 2. The monoisotopic (exact) mass is 366 g/mol. The van der Waals surface area contributed by atoms with Crippen molar-refractivity contribution in [3.63, 3.8) is 0 Å². The topological polar surface area (TPSA) is 26.3 Å². The molecule has 1 aromatic carbocycles. The summed E-state index contributed by atoms with van der Waals surface area (Å²) in [5.74, 6) is -1.61. The molecule has 1 heterocycles. The third-order valence-corrected chi connectivity index (χ3v) is 3.23. The third kappa shape index (κ3) is 4.46. The minimum Gasteiger partial charge on any atom is -0.450 e. The Labute approximate surface area is 152 Å². The Balaban J connectivity index is 0.000000300. The van der Waals surface area contributed by atoms with Crippen LogP contribution in [0.15, 0.2) is 24.0 Å². The quantitative estimate of drug-likeness (QED) is 0.558. The second kappa shape index (κ2) is 8.77. The van der Waals surface area contributed by atoms with Crippen LogP contribution in [0.3, 0.4) is 0 Å². The van der Waals surface area contributed by atoms with Crippen molar-refractivity contribution in [2.45, 2.75) is 0 Å². The van der Waals surface area contributed by atoms with Gasteiger partial charge in [-0.15, -0.1) is 0 Å². The summed E-state index contributed by atoms with van der Waals surface area (Å²) in [6.07, 6.45) is 18.7. The van der Waals surface area contributed by atoms with Gasteiger partial charge in [-0.2, -0.15) is 0 Å². The molecular formula is C19H12F2FeO2+2. The number of ketones is 1. The largest absolute Gasteiger partial charge is 2.00 e. The second-order valence-electron chi connectivity index (χ2n) is 4.88. The van der Waals surface area contributed by atoms with Crippen LogP contribution in [-0.4, -0.2) is 5.78 Å². The second-order valence-corrected chi connectivity index (χ2v) is 4.88. The first-order chi connectivity index (χ1) is 11.1. The van der Waals surface area contributed by atoms with Crippen molar-refractivity contribution >= 4 is 5.78 Å². The third-order valence-electron chi connectivity index (χ3n) is 3.23. The van der Waals surface area contributed by atoms with E-state index in [9.17, 15) is 13.6 Å². The van der Waals surface area contributed by atoms with Crippen LogP contribution in [0.2, 0.25) is 0 Å². The Morgan fingerprint density at radius 1 is 0.875 bits per heavy atom. The fourth-order valence-electron chi connectivity index (χ4n) is 2.17. The summed E-state index contributed by atoms with van der Waals surface area (Å²) in [5, 5.41) is 0. The van der Waals surface area contributed by atoms with Crippen molar-refractivity contribution in [1.29, 1.82) is 0 Å². The van der Waals surface area contributed by atoms with Gasteiger partial charge >= 0.3 is 17.1 Å². The molecule has 4 rings (SSSR count). The molecule has 2 aliphatic carbocycles. The van der Waals surface area contributed by atoms with Gasteiger partial charge in [0.15, 0.2) is 17.3 Å². The van der Waals surface area contributed by atoms with E-state index in [4.69, 9.17) is 4.74 Å². The number of Topliss-reactive ketones (excluding diaryl/α,β-unsaturated/α-hetero) is 1. The molecule has 2 nitrogen and oxygen atoms in total. The van der Waals surface area contributed by atoms with E-state index in [1.54, 1.807) is 25.7 Å². The van der Waals surface area contributed by atoms with Crippen LogP contribution in [0.5, 0.6) is 5.75 Å². The van der Waals surface area contributed by atoms with Crippen LogP contribution in [-0.2, 0) is 17.1 Å². The van der Waals surface area contributed by atoms with Crippen LogP contribution in [0.4, 0.5) is 8.78 Å². The average Bonchev–Trinajstić information content (AvgIpc) is 3.26. The summed E-state index contributed by atoms with van der Waals surface area (Å²) in [6, 6.07) is 1.67. The summed E-state index contributed by atoms with van der Waals surface area (Å²) < 4.78 is 31.6. The fraction of sp³-hybridized carbons (Fsp3) is 0. The van der Waals surface area contributed by atoms with Crippen LogP contribution in [0.1, 0.15) is 10.4 Å². The summed E-state index contributed by atoms with van der Waals surface area (Å²) in [4.78, 5) is 11.9. The normalized spacial score (nSPS) is 21.1. The summed E-state index contributed by atoms with van der Waals surface area (Å²) >= 11 is 0. The predicted molar refractivity (Wildman–Crippen MR) is 81.3 cm³/mol. The van der Waals surface area contributed by atoms with Crippen LogP contribution >= 0.6 is 0 Å². The van der Waals surface area contributed by atoms with E-state index in [0.29, 0.717) is 6.07 Å². The van der Waals surface area contributed by atoms with Crippen LogP contribution < -0.4 is 4.74 Å². The first-order valence-electron chi connectivity index (χ1n) is 6.97. The van der Waals surface area contributed by atoms with Gasteiger partial charge in [-0.3, -0.25) is 4.79 Å². The molecule has 0 unspecified atom stereocenters. The molecule has 120 valence electrons. The maximum Gasteiger partial charge on any atom is 2.00 e. The van der Waals surface area contributed by atoms with Crippen LogP contribution in [0, 0.1) is 75.3 Å². The summed E-state index contributed by atoms with van der Waals surface area (Å²) in [7, 11) is 0. The van der Waals surface area contributed by atoms with E-state index in [0.717, 1.165) is 12.0 Å². The Morgan fingerprint density at radius 3 is 2.04 bits per heavy atom. The maximum atomic E-state index is 13.4. The molecule has 2 fully saturated rings. The van der Waals surface area contributed by atoms with E-state index >= 15 is 0 Å². The molecule has 5 heteroatoms. The Morgan fingerprint density at radius 2 is 1.46 bits per heavy atom. The van der Waals surface area contributed by atoms with Gasteiger partial charge in [0.1, 0.15) is 5.82 Å². The minimum atomic E-state index is -0.871. The molecule has 2 saturated carbocycles. The molecule has 0 spiro atoms. The zero-order chi connectivity index (χ0) is 16.2. The number of hydrogen-bond donors (Lipinski definition) is 0. The molecule has 1 aromatic rings. The molecular weight excluding hydrogens is 354 g/mol. The molecule has 10 radical (unpaired) electrons. The first-order valence-corrected chi connectivity index (χ1v) is 6.97. The molecule has 0 amide bonds. The number of halogens is 2. The Bertz CT molecular complexity index is 610. The van der Waals surface area contributed by atoms with E-state index in [1.807, 2.05) is 32.1 Å². The number of benzene rings is 1. The molecule has 1 aliphatic heterocycles. The van der Waals surface area contributed by atoms with Gasteiger partial charge in [0.2, 0.25) is 5.78 Å². The molecule has 0 aromatic heterocycles. The number of rotatable bonds is 1. The number of carbonyl (C=O) groups excluding carboxylic acids is 1. The molecule has 24 heavy (non-hydrogen) atoms. The standard InChI is InChI=1S/C14H7F2O2.C5H5.Fe/c15-9-6-10-13(17)12(5-8-3-1-2-4-8)18-14(10)11(16)7-9;1-2-4-5-3-1;/h1-7H;1-5H;/q;;+2/b12-5-;;. The zero-order valence-corrected chi connectivity index (χ0v) is 13.5. The smallest absolute Gasteiger partial charge is 0.450 e. The number of ether oxygens (including phenoxy) is 1. The van der Waals surface area contributed by atoms with Gasteiger partial charge in [-0.1, -0.05) is 0 Å². The Kier molecular flexibility index (Phi) is 7.00. The first kappa shape index (κ1) is 19.1. The predicted octanol–water partition coefficient (Wildman–Crippen LogP) is 3.85. The van der Waals surface area contributed by atoms with Gasteiger partial charge in [-0.05, 0) is 69.9 Å². The number of hydrogen-bond acceptors (Lipinski definition) is 2. The molecule has 3 aliphatic rings. The van der Waals surface area contributed by atoms with E-state index in [2.05, 4.69) is 0 Å². The summed E-state index contributed by atoms with van der Waals surface area (Å²) in [5.41, 5.74) is -0.0784. The Hall–Kier alpha value is -1.19. The van der Waals surface area contributed by atoms with Crippen molar-refractivity contribution < 1.29 is 35.4 Å². The van der Waals surface area contributed by atoms with Crippen molar-refractivity contribution in [3.05, 3.63) is 105 Å². The molecule has 0 bridgehead atoms. The van der Waals surface area contributed by atoms with Crippen LogP contribution in [0.25, 0.3) is 0 Å². The number of fused-ring (bicyclic) bond motifs is 1. The minimum absolute atomic E-state index is 0. The van der Waals surface area contributed by atoms with Gasteiger partial charge < -0.3 is 4.74 Å². The average molecular weight is 366 g/mol. The van der Waals surface area contributed by atoms with Gasteiger partial charge in [0.05, 0.1) is 5.56 Å².